The Labute approximate surface area is 188 Å². The van der Waals surface area contributed by atoms with E-state index in [4.69, 9.17) is 16.3 Å². The number of thioether (sulfide) groups is 1. The van der Waals surface area contributed by atoms with E-state index in [2.05, 4.69) is 15.1 Å². The van der Waals surface area contributed by atoms with Crippen molar-refractivity contribution in [3.8, 4) is 5.75 Å². The third-order valence-electron chi connectivity index (χ3n) is 5.46. The van der Waals surface area contributed by atoms with Crippen LogP contribution in [0.1, 0.15) is 39.5 Å². The highest BCUT2D eigenvalue weighted by Crippen LogP contribution is 2.33. The summed E-state index contributed by atoms with van der Waals surface area (Å²) in [6, 6.07) is 15.6. The molecule has 2 aromatic heterocycles. The number of hydrogen-bond acceptors (Lipinski definition) is 6. The number of nitrogens with zero attached hydrogens (tertiary/aromatic N) is 4. The Morgan fingerprint density at radius 2 is 1.94 bits per heavy atom. The number of halogens is 1. The molecule has 5 rings (SSSR count). The number of aromatic nitrogens is 4. The monoisotopic (exact) mass is 450 g/mol. The van der Waals surface area contributed by atoms with Crippen molar-refractivity contribution in [3.63, 3.8) is 0 Å². The average Bonchev–Trinajstić information content (AvgIpc) is 3.19. The fraction of sp³-hybridized carbons (Fsp3) is 0.217. The predicted molar refractivity (Wildman–Crippen MR) is 120 cm³/mol. The molecule has 1 atom stereocenters. The average molecular weight is 451 g/mol. The van der Waals surface area contributed by atoms with Gasteiger partial charge in [-0.3, -0.25) is 4.79 Å². The Balaban J connectivity index is 1.39. The van der Waals surface area contributed by atoms with E-state index >= 15 is 0 Å². The van der Waals surface area contributed by atoms with E-state index in [0.29, 0.717) is 35.1 Å². The maximum atomic E-state index is 12.8. The molecule has 6 nitrogen and oxygen atoms in total. The van der Waals surface area contributed by atoms with Crippen LogP contribution < -0.4 is 4.74 Å². The summed E-state index contributed by atoms with van der Waals surface area (Å²) in [6.07, 6.45) is 2.91. The first kappa shape index (κ1) is 20.0. The van der Waals surface area contributed by atoms with Gasteiger partial charge in [-0.2, -0.15) is 4.98 Å². The lowest BCUT2D eigenvalue weighted by molar-refractivity contribution is 0.0962. The molecule has 0 aliphatic heterocycles. The molecule has 0 radical (unpaired) electrons. The van der Waals surface area contributed by atoms with Gasteiger partial charge in [-0.15, -0.1) is 5.10 Å². The molecule has 2 aromatic carbocycles. The zero-order valence-corrected chi connectivity index (χ0v) is 18.4. The Morgan fingerprint density at radius 3 is 2.71 bits per heavy atom. The maximum absolute atomic E-state index is 12.8. The summed E-state index contributed by atoms with van der Waals surface area (Å²) >= 11 is 7.73. The lowest BCUT2D eigenvalue weighted by Gasteiger charge is -2.23. The molecule has 0 N–H and O–H groups in total. The zero-order valence-electron chi connectivity index (χ0n) is 16.8. The highest BCUT2D eigenvalue weighted by molar-refractivity contribution is 7.98. The summed E-state index contributed by atoms with van der Waals surface area (Å²) in [5, 5.41) is 5.82. The number of carbonyl (C=O) groups is 1. The van der Waals surface area contributed by atoms with Crippen LogP contribution in [-0.4, -0.2) is 32.5 Å². The first-order valence-electron chi connectivity index (χ1n) is 9.90. The van der Waals surface area contributed by atoms with Gasteiger partial charge in [-0.05, 0) is 41.7 Å². The van der Waals surface area contributed by atoms with Crippen LogP contribution in [0.3, 0.4) is 0 Å². The zero-order chi connectivity index (χ0) is 21.4. The fourth-order valence-corrected chi connectivity index (χ4v) is 4.91. The van der Waals surface area contributed by atoms with Gasteiger partial charge in [-0.1, -0.05) is 53.7 Å². The number of hydrogen-bond donors (Lipinski definition) is 0. The van der Waals surface area contributed by atoms with E-state index in [0.717, 1.165) is 27.6 Å². The molecule has 0 unspecified atom stereocenters. The third-order valence-corrected chi connectivity index (χ3v) is 6.72. The molecule has 4 aromatic rings. The molecular weight excluding hydrogens is 432 g/mol. The number of benzene rings is 2. The summed E-state index contributed by atoms with van der Waals surface area (Å²) in [4.78, 5) is 22.1. The fourth-order valence-electron chi connectivity index (χ4n) is 3.80. The molecule has 31 heavy (non-hydrogen) atoms. The normalized spacial score (nSPS) is 15.8. The number of rotatable bonds is 5. The van der Waals surface area contributed by atoms with Crippen molar-refractivity contribution in [2.45, 2.75) is 29.7 Å². The van der Waals surface area contributed by atoms with Crippen LogP contribution in [0.15, 0.2) is 59.9 Å². The van der Waals surface area contributed by atoms with Crippen molar-refractivity contribution in [2.24, 2.45) is 0 Å². The maximum Gasteiger partial charge on any atom is 0.253 e. The summed E-state index contributed by atoms with van der Waals surface area (Å²) < 4.78 is 6.83. The molecule has 8 heteroatoms. The number of Topliss-reactive ketones (excluding diaryl/α,β-unsaturated/α-hetero) is 1. The van der Waals surface area contributed by atoms with Crippen molar-refractivity contribution >= 4 is 34.9 Å². The molecular formula is C23H19ClN4O2S. The van der Waals surface area contributed by atoms with Crippen molar-refractivity contribution in [1.82, 2.24) is 19.6 Å². The van der Waals surface area contributed by atoms with Crippen LogP contribution in [0.25, 0.3) is 5.78 Å². The molecule has 0 spiro atoms. The van der Waals surface area contributed by atoms with Gasteiger partial charge in [0.2, 0.25) is 5.16 Å². The smallest absolute Gasteiger partial charge is 0.253 e. The number of fused-ring (bicyclic) bond motifs is 2. The standard InChI is InChI=1S/C23H19ClN4O2S/c1-30-17-8-6-14(7-9-17)16-10-20-18(21(29)11-16)12-28-22(25-20)26-23(27-28)31-13-15-4-2-3-5-19(15)24/h2-9,12,16H,10-11,13H2,1H3/t16-/m0/s1. The Bertz CT molecular complexity index is 1270. The first-order chi connectivity index (χ1) is 15.1. The number of ether oxygens (including phenoxy) is 1. The van der Waals surface area contributed by atoms with Crippen molar-refractivity contribution in [3.05, 3.63) is 82.1 Å². The van der Waals surface area contributed by atoms with Crippen LogP contribution in [-0.2, 0) is 12.2 Å². The van der Waals surface area contributed by atoms with Crippen LogP contribution in [0.5, 0.6) is 5.75 Å². The molecule has 2 heterocycles. The summed E-state index contributed by atoms with van der Waals surface area (Å²) in [7, 11) is 1.64. The second kappa shape index (κ2) is 8.32. The third kappa shape index (κ3) is 4.03. The van der Waals surface area contributed by atoms with Gasteiger partial charge >= 0.3 is 0 Å². The van der Waals surface area contributed by atoms with E-state index in [9.17, 15) is 4.79 Å². The van der Waals surface area contributed by atoms with Gasteiger partial charge in [0.25, 0.3) is 5.78 Å². The highest BCUT2D eigenvalue weighted by atomic mass is 35.5. The minimum absolute atomic E-state index is 0.0808. The Hall–Kier alpha value is -2.90. The van der Waals surface area contributed by atoms with Crippen LogP contribution in [0, 0.1) is 0 Å². The van der Waals surface area contributed by atoms with E-state index in [1.807, 2.05) is 48.5 Å². The number of carbonyl (C=O) groups excluding carboxylic acids is 1. The molecule has 0 saturated heterocycles. The lowest BCUT2D eigenvalue weighted by atomic mass is 9.82. The largest absolute Gasteiger partial charge is 0.497 e. The van der Waals surface area contributed by atoms with Gasteiger partial charge in [0.1, 0.15) is 5.75 Å². The predicted octanol–water partition coefficient (Wildman–Crippen LogP) is 4.99. The number of methoxy groups -OCH3 is 1. The van der Waals surface area contributed by atoms with Crippen molar-refractivity contribution < 1.29 is 9.53 Å². The van der Waals surface area contributed by atoms with Crippen molar-refractivity contribution in [2.75, 3.05) is 7.11 Å². The van der Waals surface area contributed by atoms with E-state index < -0.39 is 0 Å². The van der Waals surface area contributed by atoms with Gasteiger partial charge in [0.05, 0.1) is 18.4 Å². The van der Waals surface area contributed by atoms with Crippen LogP contribution >= 0.6 is 23.4 Å². The molecule has 0 fully saturated rings. The molecule has 156 valence electrons. The molecule has 0 bridgehead atoms. The molecule has 0 amide bonds. The summed E-state index contributed by atoms with van der Waals surface area (Å²) in [5.74, 6) is 2.14. The minimum atomic E-state index is 0.0808. The van der Waals surface area contributed by atoms with Gasteiger partial charge in [0.15, 0.2) is 5.78 Å². The first-order valence-corrected chi connectivity index (χ1v) is 11.3. The van der Waals surface area contributed by atoms with Crippen LogP contribution in [0.2, 0.25) is 5.02 Å². The summed E-state index contributed by atoms with van der Waals surface area (Å²) in [5.41, 5.74) is 3.54. The van der Waals surface area contributed by atoms with Gasteiger partial charge in [-0.25, -0.2) is 9.50 Å². The van der Waals surface area contributed by atoms with Crippen LogP contribution in [0.4, 0.5) is 0 Å². The number of ketones is 1. The van der Waals surface area contributed by atoms with Gasteiger partial charge < -0.3 is 4.74 Å². The van der Waals surface area contributed by atoms with E-state index in [1.54, 1.807) is 17.8 Å². The molecule has 0 saturated carbocycles. The van der Waals surface area contributed by atoms with Crippen molar-refractivity contribution in [1.29, 1.82) is 0 Å². The highest BCUT2D eigenvalue weighted by Gasteiger charge is 2.28. The summed E-state index contributed by atoms with van der Waals surface area (Å²) in [6.45, 7) is 0. The minimum Gasteiger partial charge on any atom is -0.497 e. The van der Waals surface area contributed by atoms with Gasteiger partial charge in [0, 0.05) is 23.4 Å². The second-order valence-corrected chi connectivity index (χ2v) is 8.77. The Morgan fingerprint density at radius 1 is 1.13 bits per heavy atom. The van der Waals surface area contributed by atoms with E-state index in [1.165, 1.54) is 11.8 Å². The second-order valence-electron chi connectivity index (χ2n) is 7.42. The molecule has 1 aliphatic rings. The lowest BCUT2D eigenvalue weighted by Crippen LogP contribution is -2.21. The van der Waals surface area contributed by atoms with E-state index in [-0.39, 0.29) is 11.7 Å². The quantitative estimate of drug-likeness (QED) is 0.399. The topological polar surface area (TPSA) is 69.4 Å². The Kier molecular flexibility index (Phi) is 5.38. The SMILES string of the molecule is COc1ccc([C@@H]2CC(=O)c3cn4nc(SCc5ccccc5Cl)nc4nc3C2)cc1. The molecule has 1 aliphatic carbocycles.